The van der Waals surface area contributed by atoms with E-state index in [1.165, 1.54) is 0 Å². The normalized spacial score (nSPS) is 12.1. The number of amidine groups is 1. The summed E-state index contributed by atoms with van der Waals surface area (Å²) in [4.78, 5) is 4.04. The second-order valence-electron chi connectivity index (χ2n) is 3.38. The van der Waals surface area contributed by atoms with Crippen LogP contribution in [-0.4, -0.2) is 30.1 Å². The monoisotopic (exact) mass is 223 g/mol. The maximum absolute atomic E-state index is 7.30. The average molecular weight is 223 g/mol. The van der Waals surface area contributed by atoms with Crippen molar-refractivity contribution in [2.24, 2.45) is 5.73 Å². The van der Waals surface area contributed by atoms with Crippen molar-refractivity contribution in [3.8, 4) is 5.88 Å². The van der Waals surface area contributed by atoms with Crippen LogP contribution in [0.4, 0.5) is 0 Å². The molecular weight excluding hydrogens is 206 g/mol. The zero-order valence-corrected chi connectivity index (χ0v) is 9.56. The van der Waals surface area contributed by atoms with E-state index in [-0.39, 0.29) is 11.9 Å². The topological polar surface area (TPSA) is 81.2 Å². The minimum atomic E-state index is -0.0744. The van der Waals surface area contributed by atoms with Crippen molar-refractivity contribution in [1.29, 1.82) is 5.41 Å². The van der Waals surface area contributed by atoms with Crippen LogP contribution in [0, 0.1) is 5.41 Å². The van der Waals surface area contributed by atoms with Gasteiger partial charge in [-0.1, -0.05) is 0 Å². The largest absolute Gasteiger partial charge is 0.472 e. The van der Waals surface area contributed by atoms with Gasteiger partial charge in [0.15, 0.2) is 0 Å². The Labute approximate surface area is 95.1 Å². The molecule has 0 aromatic carbocycles. The summed E-state index contributed by atoms with van der Waals surface area (Å²) in [7, 11) is 0. The van der Waals surface area contributed by atoms with Gasteiger partial charge in [0.25, 0.3) is 0 Å². The van der Waals surface area contributed by atoms with E-state index in [9.17, 15) is 0 Å². The predicted octanol–water partition coefficient (Wildman–Crippen LogP) is 1.17. The van der Waals surface area contributed by atoms with Gasteiger partial charge in [0, 0.05) is 24.4 Å². The molecule has 0 amide bonds. The third-order valence-electron chi connectivity index (χ3n) is 1.92. The van der Waals surface area contributed by atoms with Crippen LogP contribution in [0.1, 0.15) is 19.4 Å². The van der Waals surface area contributed by atoms with Gasteiger partial charge in [-0.05, 0) is 19.9 Å². The van der Waals surface area contributed by atoms with Gasteiger partial charge in [-0.15, -0.1) is 0 Å². The first kappa shape index (κ1) is 12.4. The number of rotatable bonds is 6. The van der Waals surface area contributed by atoms with Crippen molar-refractivity contribution in [1.82, 2.24) is 4.98 Å². The van der Waals surface area contributed by atoms with E-state index in [0.717, 1.165) is 0 Å². The Morgan fingerprint density at radius 1 is 1.62 bits per heavy atom. The predicted molar refractivity (Wildman–Crippen MR) is 61.8 cm³/mol. The highest BCUT2D eigenvalue weighted by molar-refractivity contribution is 5.95. The summed E-state index contributed by atoms with van der Waals surface area (Å²) in [5, 5.41) is 7.30. The molecule has 0 aliphatic rings. The van der Waals surface area contributed by atoms with E-state index in [1.54, 1.807) is 18.3 Å². The fourth-order valence-corrected chi connectivity index (χ4v) is 1.17. The Balaban J connectivity index is 2.59. The fourth-order valence-electron chi connectivity index (χ4n) is 1.17. The molecule has 0 bridgehead atoms. The molecule has 5 heteroatoms. The number of nitrogens with one attached hydrogen (secondary N) is 1. The lowest BCUT2D eigenvalue weighted by Crippen LogP contribution is -2.20. The number of pyridine rings is 1. The molecule has 0 saturated heterocycles. The summed E-state index contributed by atoms with van der Waals surface area (Å²) in [6.45, 7) is 5.01. The summed E-state index contributed by atoms with van der Waals surface area (Å²) in [5.41, 5.74) is 5.97. The standard InChI is InChI=1S/C11H17N3O2/c1-3-15-7-8(2)16-10-6-9(11(12)13)4-5-14-10/h4-6,8H,3,7H2,1-2H3,(H3,12,13). The molecule has 0 spiro atoms. The Kier molecular flexibility index (Phi) is 4.72. The van der Waals surface area contributed by atoms with Gasteiger partial charge in [-0.2, -0.15) is 0 Å². The lowest BCUT2D eigenvalue weighted by atomic mass is 10.2. The molecule has 0 fully saturated rings. The first-order chi connectivity index (χ1) is 7.63. The van der Waals surface area contributed by atoms with Gasteiger partial charge in [-0.3, -0.25) is 5.41 Å². The number of nitrogen functional groups attached to an aromatic ring is 1. The molecule has 1 unspecified atom stereocenters. The lowest BCUT2D eigenvalue weighted by Gasteiger charge is -2.13. The van der Waals surface area contributed by atoms with Gasteiger partial charge >= 0.3 is 0 Å². The third kappa shape index (κ3) is 3.86. The molecular formula is C11H17N3O2. The van der Waals surface area contributed by atoms with E-state index in [4.69, 9.17) is 20.6 Å². The van der Waals surface area contributed by atoms with E-state index < -0.39 is 0 Å². The van der Waals surface area contributed by atoms with Crippen molar-refractivity contribution in [2.45, 2.75) is 20.0 Å². The van der Waals surface area contributed by atoms with Crippen molar-refractivity contribution in [2.75, 3.05) is 13.2 Å². The van der Waals surface area contributed by atoms with Gasteiger partial charge in [0.2, 0.25) is 5.88 Å². The molecule has 5 nitrogen and oxygen atoms in total. The van der Waals surface area contributed by atoms with Crippen LogP contribution in [0.2, 0.25) is 0 Å². The van der Waals surface area contributed by atoms with E-state index in [2.05, 4.69) is 4.98 Å². The van der Waals surface area contributed by atoms with Crippen LogP contribution in [0.15, 0.2) is 18.3 Å². The molecule has 1 atom stereocenters. The zero-order valence-electron chi connectivity index (χ0n) is 9.56. The number of hydrogen-bond donors (Lipinski definition) is 2. The molecule has 0 radical (unpaired) electrons. The number of nitrogens with zero attached hydrogens (tertiary/aromatic N) is 1. The van der Waals surface area contributed by atoms with Crippen molar-refractivity contribution in [3.63, 3.8) is 0 Å². The van der Waals surface area contributed by atoms with Crippen molar-refractivity contribution < 1.29 is 9.47 Å². The molecule has 1 heterocycles. The maximum Gasteiger partial charge on any atom is 0.214 e. The van der Waals surface area contributed by atoms with E-state index in [0.29, 0.717) is 24.7 Å². The highest BCUT2D eigenvalue weighted by Gasteiger charge is 2.06. The van der Waals surface area contributed by atoms with Crippen LogP contribution in [0.5, 0.6) is 5.88 Å². The summed E-state index contributed by atoms with van der Waals surface area (Å²) < 4.78 is 10.7. The first-order valence-electron chi connectivity index (χ1n) is 5.18. The molecule has 0 aliphatic heterocycles. The Morgan fingerprint density at radius 3 is 3.00 bits per heavy atom. The van der Waals surface area contributed by atoms with E-state index >= 15 is 0 Å². The summed E-state index contributed by atoms with van der Waals surface area (Å²) in [6, 6.07) is 3.31. The highest BCUT2D eigenvalue weighted by atomic mass is 16.5. The molecule has 16 heavy (non-hydrogen) atoms. The van der Waals surface area contributed by atoms with Gasteiger partial charge in [0.1, 0.15) is 11.9 Å². The number of nitrogens with two attached hydrogens (primary N) is 1. The average Bonchev–Trinajstić information content (AvgIpc) is 2.26. The van der Waals surface area contributed by atoms with Crippen molar-refractivity contribution in [3.05, 3.63) is 23.9 Å². The second kappa shape index (κ2) is 6.07. The molecule has 0 aliphatic carbocycles. The molecule has 3 N–H and O–H groups in total. The molecule has 1 rings (SSSR count). The smallest absolute Gasteiger partial charge is 0.214 e. The van der Waals surface area contributed by atoms with Crippen LogP contribution in [0.3, 0.4) is 0 Å². The fraction of sp³-hybridized carbons (Fsp3) is 0.455. The van der Waals surface area contributed by atoms with Crippen LogP contribution in [-0.2, 0) is 4.74 Å². The minimum absolute atomic E-state index is 0.00436. The number of aromatic nitrogens is 1. The molecule has 1 aromatic heterocycles. The minimum Gasteiger partial charge on any atom is -0.472 e. The van der Waals surface area contributed by atoms with Gasteiger partial charge < -0.3 is 15.2 Å². The Morgan fingerprint density at radius 2 is 2.38 bits per heavy atom. The van der Waals surface area contributed by atoms with E-state index in [1.807, 2.05) is 13.8 Å². The maximum atomic E-state index is 7.30. The Hall–Kier alpha value is -1.62. The third-order valence-corrected chi connectivity index (χ3v) is 1.92. The molecule has 0 saturated carbocycles. The summed E-state index contributed by atoms with van der Waals surface area (Å²) in [6.07, 6.45) is 1.49. The molecule has 88 valence electrons. The Bertz CT molecular complexity index is 355. The van der Waals surface area contributed by atoms with Gasteiger partial charge in [0.05, 0.1) is 6.61 Å². The summed E-state index contributed by atoms with van der Waals surface area (Å²) in [5.74, 6) is 0.463. The van der Waals surface area contributed by atoms with Gasteiger partial charge in [-0.25, -0.2) is 4.98 Å². The second-order valence-corrected chi connectivity index (χ2v) is 3.38. The molecule has 1 aromatic rings. The quantitative estimate of drug-likeness (QED) is 0.560. The van der Waals surface area contributed by atoms with Crippen molar-refractivity contribution >= 4 is 5.84 Å². The van der Waals surface area contributed by atoms with Crippen LogP contribution in [0.25, 0.3) is 0 Å². The SMILES string of the molecule is CCOCC(C)Oc1cc(C(=N)N)ccn1. The van der Waals surface area contributed by atoms with Crippen LogP contribution >= 0.6 is 0 Å². The number of hydrogen-bond acceptors (Lipinski definition) is 4. The first-order valence-corrected chi connectivity index (χ1v) is 5.18. The highest BCUT2D eigenvalue weighted by Crippen LogP contribution is 2.10. The zero-order chi connectivity index (χ0) is 12.0. The van der Waals surface area contributed by atoms with Crippen LogP contribution < -0.4 is 10.5 Å². The lowest BCUT2D eigenvalue weighted by molar-refractivity contribution is 0.0633. The number of ether oxygens (including phenoxy) is 2. The summed E-state index contributed by atoms with van der Waals surface area (Å²) >= 11 is 0.